The van der Waals surface area contributed by atoms with Gasteiger partial charge in [0.05, 0.1) is 12.7 Å². The van der Waals surface area contributed by atoms with Crippen LogP contribution >= 0.6 is 12.2 Å². The highest BCUT2D eigenvalue weighted by molar-refractivity contribution is 7.80. The molecule has 1 aliphatic carbocycles. The zero-order chi connectivity index (χ0) is 15.2. The summed E-state index contributed by atoms with van der Waals surface area (Å²) in [5.74, 6) is 0. The first kappa shape index (κ1) is 16.4. The Morgan fingerprint density at radius 3 is 2.43 bits per heavy atom. The van der Waals surface area contributed by atoms with E-state index in [9.17, 15) is 10.2 Å². The van der Waals surface area contributed by atoms with E-state index in [-0.39, 0.29) is 6.61 Å². The Labute approximate surface area is 131 Å². The van der Waals surface area contributed by atoms with Gasteiger partial charge in [-0.15, -0.1) is 0 Å². The molecule has 0 saturated heterocycles. The lowest BCUT2D eigenvalue weighted by Gasteiger charge is -2.30. The fourth-order valence-electron chi connectivity index (χ4n) is 3.02. The number of hydrogen-bond acceptors (Lipinski definition) is 4. The molecule has 1 atom stereocenters. The number of nitrogens with zero attached hydrogens (tertiary/aromatic N) is 1. The second kappa shape index (κ2) is 7.84. The van der Waals surface area contributed by atoms with Crippen molar-refractivity contribution in [2.24, 2.45) is 5.73 Å². The first-order chi connectivity index (χ1) is 10.1. The monoisotopic (exact) mass is 308 g/mol. The van der Waals surface area contributed by atoms with Crippen molar-refractivity contribution in [1.29, 1.82) is 0 Å². The van der Waals surface area contributed by atoms with Crippen molar-refractivity contribution < 1.29 is 10.2 Å². The number of thiocarbonyl (C=S) groups is 1. The second-order valence-electron chi connectivity index (χ2n) is 5.66. The number of rotatable bonds is 7. The van der Waals surface area contributed by atoms with Crippen molar-refractivity contribution in [1.82, 2.24) is 4.90 Å². The Balaban J connectivity index is 2.00. The molecule has 1 aliphatic rings. The number of nitrogens with two attached hydrogens (primary N) is 1. The zero-order valence-electron chi connectivity index (χ0n) is 12.2. The van der Waals surface area contributed by atoms with Crippen LogP contribution in [-0.4, -0.2) is 45.8 Å². The molecule has 1 saturated carbocycles. The summed E-state index contributed by atoms with van der Waals surface area (Å²) in [6, 6.07) is 7.90. The summed E-state index contributed by atoms with van der Waals surface area (Å²) in [7, 11) is 0. The first-order valence-corrected chi connectivity index (χ1v) is 7.95. The van der Waals surface area contributed by atoms with Crippen LogP contribution in [0.4, 0.5) is 0 Å². The Bertz CT molecular complexity index is 458. The van der Waals surface area contributed by atoms with Gasteiger partial charge in [-0.05, 0) is 18.4 Å². The Morgan fingerprint density at radius 2 is 1.90 bits per heavy atom. The highest BCUT2D eigenvalue weighted by Gasteiger charge is 2.24. The zero-order valence-corrected chi connectivity index (χ0v) is 13.1. The third-order valence-electron chi connectivity index (χ3n) is 4.22. The number of aliphatic hydroxyl groups excluding tert-OH is 2. The highest BCUT2D eigenvalue weighted by atomic mass is 32.1. The summed E-state index contributed by atoms with van der Waals surface area (Å²) in [5, 5.41) is 19.6. The van der Waals surface area contributed by atoms with E-state index in [1.54, 1.807) is 0 Å². The minimum absolute atomic E-state index is 0.129. The standard InChI is InChI=1S/C16H24N2O2S/c17-16(21)13-7-5-12(6-8-13)15(20)11-18(9-10-19)14-3-1-2-4-14/h5-8,14-15,19-20H,1-4,9-11H2,(H2,17,21). The number of benzene rings is 1. The van der Waals surface area contributed by atoms with Gasteiger partial charge in [0.25, 0.3) is 0 Å². The molecular formula is C16H24N2O2S. The molecule has 1 aromatic rings. The maximum Gasteiger partial charge on any atom is 0.103 e. The van der Waals surface area contributed by atoms with Crippen molar-refractivity contribution in [3.63, 3.8) is 0 Å². The molecule has 4 nitrogen and oxygen atoms in total. The molecule has 5 heteroatoms. The molecule has 0 spiro atoms. The summed E-state index contributed by atoms with van der Waals surface area (Å²) in [5.41, 5.74) is 7.24. The Hall–Kier alpha value is -1.01. The van der Waals surface area contributed by atoms with Crippen molar-refractivity contribution in [3.05, 3.63) is 35.4 Å². The summed E-state index contributed by atoms with van der Waals surface area (Å²) in [4.78, 5) is 2.57. The van der Waals surface area contributed by atoms with Gasteiger partial charge in [0.2, 0.25) is 0 Å². The average Bonchev–Trinajstić information content (AvgIpc) is 3.01. The largest absolute Gasteiger partial charge is 0.395 e. The molecule has 116 valence electrons. The molecule has 0 aliphatic heterocycles. The maximum atomic E-state index is 10.4. The summed E-state index contributed by atoms with van der Waals surface area (Å²) in [6.45, 7) is 1.30. The predicted octanol–water partition coefficient (Wildman–Crippen LogP) is 1.59. The van der Waals surface area contributed by atoms with Crippen LogP contribution < -0.4 is 5.73 Å². The van der Waals surface area contributed by atoms with Crippen molar-refractivity contribution in [3.8, 4) is 0 Å². The molecule has 0 amide bonds. The van der Waals surface area contributed by atoms with Gasteiger partial charge in [0, 0.05) is 24.7 Å². The second-order valence-corrected chi connectivity index (χ2v) is 6.10. The minimum Gasteiger partial charge on any atom is -0.395 e. The van der Waals surface area contributed by atoms with E-state index >= 15 is 0 Å². The summed E-state index contributed by atoms with van der Waals surface area (Å²) < 4.78 is 0. The van der Waals surface area contributed by atoms with E-state index in [1.165, 1.54) is 12.8 Å². The van der Waals surface area contributed by atoms with Crippen LogP contribution in [0.1, 0.15) is 42.9 Å². The topological polar surface area (TPSA) is 69.7 Å². The fourth-order valence-corrected chi connectivity index (χ4v) is 3.15. The summed E-state index contributed by atoms with van der Waals surface area (Å²) in [6.07, 6.45) is 4.24. The molecular weight excluding hydrogens is 284 g/mol. The van der Waals surface area contributed by atoms with Crippen LogP contribution in [0.2, 0.25) is 0 Å². The number of aliphatic hydroxyl groups is 2. The highest BCUT2D eigenvalue weighted by Crippen LogP contribution is 2.25. The van der Waals surface area contributed by atoms with Crippen LogP contribution in [0.15, 0.2) is 24.3 Å². The molecule has 0 aromatic heterocycles. The third kappa shape index (κ3) is 4.48. The first-order valence-electron chi connectivity index (χ1n) is 7.54. The molecule has 0 radical (unpaired) electrons. The third-order valence-corrected chi connectivity index (χ3v) is 4.45. The van der Waals surface area contributed by atoms with E-state index in [0.29, 0.717) is 24.1 Å². The smallest absolute Gasteiger partial charge is 0.103 e. The van der Waals surface area contributed by atoms with Gasteiger partial charge >= 0.3 is 0 Å². The molecule has 1 unspecified atom stereocenters. The van der Waals surface area contributed by atoms with Gasteiger partial charge in [-0.1, -0.05) is 49.3 Å². The fraction of sp³-hybridized carbons (Fsp3) is 0.562. The van der Waals surface area contributed by atoms with Gasteiger partial charge < -0.3 is 15.9 Å². The Morgan fingerprint density at radius 1 is 1.29 bits per heavy atom. The van der Waals surface area contributed by atoms with Crippen LogP contribution in [0, 0.1) is 0 Å². The van der Waals surface area contributed by atoms with Crippen molar-refractivity contribution in [2.45, 2.75) is 37.8 Å². The van der Waals surface area contributed by atoms with Crippen molar-refractivity contribution >= 4 is 17.2 Å². The van der Waals surface area contributed by atoms with Gasteiger partial charge in [-0.3, -0.25) is 4.90 Å². The average molecular weight is 308 g/mol. The molecule has 21 heavy (non-hydrogen) atoms. The van der Waals surface area contributed by atoms with Crippen LogP contribution in [0.5, 0.6) is 0 Å². The van der Waals surface area contributed by atoms with Crippen LogP contribution in [0.3, 0.4) is 0 Å². The van der Waals surface area contributed by atoms with E-state index in [2.05, 4.69) is 4.90 Å². The minimum atomic E-state index is -0.558. The molecule has 1 fully saturated rings. The van der Waals surface area contributed by atoms with Crippen molar-refractivity contribution in [2.75, 3.05) is 19.7 Å². The predicted molar refractivity (Wildman–Crippen MR) is 88.2 cm³/mol. The van der Waals surface area contributed by atoms with Gasteiger partial charge in [-0.2, -0.15) is 0 Å². The molecule has 2 rings (SSSR count). The number of hydrogen-bond donors (Lipinski definition) is 3. The lowest BCUT2D eigenvalue weighted by atomic mass is 10.1. The molecule has 0 heterocycles. The lowest BCUT2D eigenvalue weighted by Crippen LogP contribution is -2.38. The lowest BCUT2D eigenvalue weighted by molar-refractivity contribution is 0.0742. The quantitative estimate of drug-likeness (QED) is 0.667. The van der Waals surface area contributed by atoms with E-state index < -0.39 is 6.10 Å². The molecule has 0 bridgehead atoms. The normalized spacial score (nSPS) is 17.3. The van der Waals surface area contributed by atoms with Gasteiger partial charge in [0.1, 0.15) is 4.99 Å². The summed E-state index contributed by atoms with van der Waals surface area (Å²) >= 11 is 4.93. The van der Waals surface area contributed by atoms with Crippen LogP contribution in [-0.2, 0) is 0 Å². The van der Waals surface area contributed by atoms with Crippen LogP contribution in [0.25, 0.3) is 0 Å². The molecule has 1 aromatic carbocycles. The SMILES string of the molecule is NC(=S)c1ccc(C(O)CN(CCO)C2CCCC2)cc1. The molecule has 4 N–H and O–H groups in total. The maximum absolute atomic E-state index is 10.4. The van der Waals surface area contributed by atoms with E-state index in [4.69, 9.17) is 18.0 Å². The van der Waals surface area contributed by atoms with Gasteiger partial charge in [-0.25, -0.2) is 0 Å². The van der Waals surface area contributed by atoms with E-state index in [0.717, 1.165) is 24.0 Å². The Kier molecular flexibility index (Phi) is 6.11. The van der Waals surface area contributed by atoms with Gasteiger partial charge in [0.15, 0.2) is 0 Å². The van der Waals surface area contributed by atoms with E-state index in [1.807, 2.05) is 24.3 Å².